The van der Waals surface area contributed by atoms with Crippen molar-refractivity contribution in [2.24, 2.45) is 5.92 Å². The lowest BCUT2D eigenvalue weighted by Gasteiger charge is -2.25. The molecule has 1 aliphatic rings. The summed E-state index contributed by atoms with van der Waals surface area (Å²) in [5.74, 6) is -1.30. The van der Waals surface area contributed by atoms with Gasteiger partial charge < -0.3 is 19.7 Å². The number of halogens is 2. The van der Waals surface area contributed by atoms with Crippen LogP contribution in [0.5, 0.6) is 5.88 Å². The first kappa shape index (κ1) is 32.9. The zero-order valence-electron chi connectivity index (χ0n) is 26.2. The smallest absolute Gasteiger partial charge is 0.343 e. The third kappa shape index (κ3) is 6.68. The Morgan fingerprint density at radius 1 is 1.04 bits per heavy atom. The van der Waals surface area contributed by atoms with Crippen LogP contribution in [-0.4, -0.2) is 71.3 Å². The molecule has 250 valence electrons. The van der Waals surface area contributed by atoms with Gasteiger partial charge in [-0.05, 0) is 55.6 Å². The molecule has 2 N–H and O–H groups in total. The molecule has 1 fully saturated rings. The first-order valence-corrected chi connectivity index (χ1v) is 15.6. The lowest BCUT2D eigenvalue weighted by atomic mass is 10.1. The van der Waals surface area contributed by atoms with Gasteiger partial charge in [0.25, 0.3) is 5.56 Å². The fourth-order valence-electron chi connectivity index (χ4n) is 5.20. The van der Waals surface area contributed by atoms with Crippen LogP contribution >= 0.6 is 11.3 Å². The van der Waals surface area contributed by atoms with Gasteiger partial charge in [0.15, 0.2) is 5.82 Å². The fraction of sp³-hybridized carbons (Fsp3) is 0.281. The minimum absolute atomic E-state index is 0.0812. The number of hydrogen-bond donors (Lipinski definition) is 2. The summed E-state index contributed by atoms with van der Waals surface area (Å²) in [6, 6.07) is 12.7. The molecule has 0 unspecified atom stereocenters. The third-order valence-corrected chi connectivity index (χ3v) is 8.86. The summed E-state index contributed by atoms with van der Waals surface area (Å²) in [5.41, 5.74) is 2.08. The summed E-state index contributed by atoms with van der Waals surface area (Å²) in [6.45, 7) is 1.35. The van der Waals surface area contributed by atoms with E-state index in [1.807, 2.05) is 19.0 Å². The second kappa shape index (κ2) is 14.0. The number of carbonyl (C=O) groups is 1. The number of hydroxylamine groups is 1. The summed E-state index contributed by atoms with van der Waals surface area (Å²) in [6.07, 6.45) is 0. The number of thiophene rings is 1. The van der Waals surface area contributed by atoms with Crippen molar-refractivity contribution in [3.05, 3.63) is 98.2 Å². The fourth-order valence-corrected chi connectivity index (χ4v) is 6.50. The maximum Gasteiger partial charge on any atom is 0.343 e. The zero-order chi connectivity index (χ0) is 33.9. The van der Waals surface area contributed by atoms with Gasteiger partial charge in [-0.2, -0.15) is 0 Å². The molecule has 16 heteroatoms. The average molecular weight is 680 g/mol. The largest absolute Gasteiger partial charge is 0.476 e. The Morgan fingerprint density at radius 3 is 2.38 bits per heavy atom. The van der Waals surface area contributed by atoms with Crippen LogP contribution in [0.15, 0.2) is 64.2 Å². The SMILES string of the molecule is CONC(=O)Nc1ccc(-c2sc3c(c2CN(C)C)c(=O)n(-c2ccc(OCC4COC4)nn2)c(=O)n3Cc2c(F)cccc2F)cc1. The lowest BCUT2D eigenvalue weighted by molar-refractivity contribution is -0.0515. The van der Waals surface area contributed by atoms with Crippen molar-refractivity contribution in [2.45, 2.75) is 13.1 Å². The Labute approximate surface area is 276 Å². The predicted octanol–water partition coefficient (Wildman–Crippen LogP) is 3.77. The number of anilines is 1. The first-order chi connectivity index (χ1) is 23.1. The van der Waals surface area contributed by atoms with Gasteiger partial charge in [0.2, 0.25) is 5.88 Å². The van der Waals surface area contributed by atoms with Gasteiger partial charge >= 0.3 is 11.7 Å². The highest BCUT2D eigenvalue weighted by molar-refractivity contribution is 7.22. The molecule has 0 radical (unpaired) electrons. The van der Waals surface area contributed by atoms with Crippen LogP contribution in [0.3, 0.4) is 0 Å². The van der Waals surface area contributed by atoms with E-state index < -0.39 is 35.5 Å². The number of rotatable bonds is 11. The van der Waals surface area contributed by atoms with Gasteiger partial charge in [-0.15, -0.1) is 21.5 Å². The second-order valence-corrected chi connectivity index (χ2v) is 12.3. The molecule has 0 aliphatic carbocycles. The number of amides is 2. The highest BCUT2D eigenvalue weighted by Crippen LogP contribution is 2.38. The first-order valence-electron chi connectivity index (χ1n) is 14.8. The Kier molecular flexibility index (Phi) is 9.58. The standard InChI is InChI=1S/C32H31F2N7O6S/c1-39(2)13-22-27-29(42)41(25-11-12-26(37-36-25)47-17-18-15-46-16-18)32(44)40(14-21-23(33)5-4-6-24(21)34)30(27)48-28(22)19-7-9-20(10-8-19)35-31(43)38-45-3/h4-12,18H,13-17H2,1-3H3,(H2,35,38,43). The topological polar surface area (TPSA) is 142 Å². The monoisotopic (exact) mass is 679 g/mol. The van der Waals surface area contributed by atoms with Crippen molar-refractivity contribution in [3.63, 3.8) is 0 Å². The maximum atomic E-state index is 15.0. The molecule has 0 saturated carbocycles. The Bertz CT molecular complexity index is 2060. The van der Waals surface area contributed by atoms with Crippen LogP contribution in [0, 0.1) is 17.6 Å². The molecule has 1 saturated heterocycles. The molecular weight excluding hydrogens is 648 g/mol. The van der Waals surface area contributed by atoms with E-state index in [-0.39, 0.29) is 39.9 Å². The molecule has 0 bridgehead atoms. The predicted molar refractivity (Wildman–Crippen MR) is 175 cm³/mol. The van der Waals surface area contributed by atoms with E-state index in [9.17, 15) is 23.2 Å². The van der Waals surface area contributed by atoms with Gasteiger partial charge in [-0.25, -0.2) is 28.4 Å². The number of urea groups is 1. The van der Waals surface area contributed by atoms with Crippen molar-refractivity contribution >= 4 is 33.3 Å². The van der Waals surface area contributed by atoms with Gasteiger partial charge in [-0.1, -0.05) is 18.2 Å². The molecule has 3 aromatic heterocycles. The quantitative estimate of drug-likeness (QED) is 0.200. The highest BCUT2D eigenvalue weighted by atomic mass is 32.1. The summed E-state index contributed by atoms with van der Waals surface area (Å²) < 4.78 is 42.8. The number of nitrogens with zero attached hydrogens (tertiary/aromatic N) is 5. The zero-order valence-corrected chi connectivity index (χ0v) is 27.0. The number of carbonyl (C=O) groups excluding carboxylic acids is 1. The van der Waals surface area contributed by atoms with Crippen LogP contribution in [0.1, 0.15) is 11.1 Å². The van der Waals surface area contributed by atoms with E-state index in [0.717, 1.165) is 28.0 Å². The Morgan fingerprint density at radius 2 is 1.77 bits per heavy atom. The minimum atomic E-state index is -0.849. The molecule has 0 spiro atoms. The molecule has 2 amide bonds. The van der Waals surface area contributed by atoms with E-state index in [2.05, 4.69) is 25.8 Å². The van der Waals surface area contributed by atoms with E-state index >= 15 is 0 Å². The Balaban J connectivity index is 1.52. The third-order valence-electron chi connectivity index (χ3n) is 7.55. The number of aromatic nitrogens is 4. The van der Waals surface area contributed by atoms with Crippen LogP contribution < -0.4 is 26.8 Å². The molecule has 1 aliphatic heterocycles. The van der Waals surface area contributed by atoms with Crippen molar-refractivity contribution < 1.29 is 27.9 Å². The summed E-state index contributed by atoms with van der Waals surface area (Å²) in [7, 11) is 4.98. The van der Waals surface area contributed by atoms with Gasteiger partial charge in [0.1, 0.15) is 16.5 Å². The number of benzene rings is 2. The number of nitrogens with one attached hydrogen (secondary N) is 2. The number of ether oxygens (including phenoxy) is 2. The Hall–Kier alpha value is -5.03. The van der Waals surface area contributed by atoms with Crippen LogP contribution in [0.2, 0.25) is 0 Å². The molecule has 2 aromatic carbocycles. The van der Waals surface area contributed by atoms with Crippen molar-refractivity contribution in [2.75, 3.05) is 46.3 Å². The minimum Gasteiger partial charge on any atom is -0.476 e. The van der Waals surface area contributed by atoms with E-state index in [4.69, 9.17) is 9.47 Å². The van der Waals surface area contributed by atoms with Crippen molar-refractivity contribution in [1.82, 2.24) is 29.7 Å². The van der Waals surface area contributed by atoms with E-state index in [1.165, 1.54) is 29.9 Å². The molecule has 48 heavy (non-hydrogen) atoms. The molecule has 4 heterocycles. The molecule has 5 aromatic rings. The molecule has 13 nitrogen and oxygen atoms in total. The van der Waals surface area contributed by atoms with E-state index in [1.54, 1.807) is 24.3 Å². The van der Waals surface area contributed by atoms with Gasteiger partial charge in [-0.3, -0.25) is 14.2 Å². The van der Waals surface area contributed by atoms with Crippen LogP contribution in [0.25, 0.3) is 26.5 Å². The molecule has 6 rings (SSSR count). The summed E-state index contributed by atoms with van der Waals surface area (Å²) >= 11 is 1.15. The van der Waals surface area contributed by atoms with E-state index in [0.29, 0.717) is 41.5 Å². The average Bonchev–Trinajstić information content (AvgIpc) is 3.39. The normalized spacial score (nSPS) is 13.1. The number of fused-ring (bicyclic) bond motifs is 1. The lowest BCUT2D eigenvalue weighted by Crippen LogP contribution is -2.40. The summed E-state index contributed by atoms with van der Waals surface area (Å²) in [5, 5.41) is 11.0. The second-order valence-electron chi connectivity index (χ2n) is 11.3. The van der Waals surface area contributed by atoms with Crippen molar-refractivity contribution in [1.29, 1.82) is 0 Å². The summed E-state index contributed by atoms with van der Waals surface area (Å²) in [4.78, 5) is 47.8. The highest BCUT2D eigenvalue weighted by Gasteiger charge is 2.26. The van der Waals surface area contributed by atoms with Gasteiger partial charge in [0, 0.05) is 34.7 Å². The number of hydrogen-bond acceptors (Lipinski definition) is 10. The molecular formula is C32H31F2N7O6S. The van der Waals surface area contributed by atoms with Crippen molar-refractivity contribution in [3.8, 4) is 22.1 Å². The maximum absolute atomic E-state index is 15.0. The van der Waals surface area contributed by atoms with Gasteiger partial charge in [0.05, 0.1) is 38.9 Å². The van der Waals surface area contributed by atoms with Crippen LogP contribution in [-0.2, 0) is 22.7 Å². The van der Waals surface area contributed by atoms with Crippen LogP contribution in [0.4, 0.5) is 19.3 Å². The molecule has 0 atom stereocenters.